The van der Waals surface area contributed by atoms with E-state index in [1.54, 1.807) is 7.11 Å². The molecule has 2 N–H and O–H groups in total. The minimum atomic E-state index is -0.296. The molecule has 0 spiro atoms. The van der Waals surface area contributed by atoms with Gasteiger partial charge in [-0.1, -0.05) is 39.3 Å². The molecule has 0 bridgehead atoms. The van der Waals surface area contributed by atoms with E-state index in [0.717, 1.165) is 38.2 Å². The third-order valence-corrected chi connectivity index (χ3v) is 3.74. The number of methoxy groups -OCH3 is 1. The fourth-order valence-electron chi connectivity index (χ4n) is 2.54. The van der Waals surface area contributed by atoms with Gasteiger partial charge in [-0.25, -0.2) is 0 Å². The maximum atomic E-state index is 6.71. The molecule has 3 nitrogen and oxygen atoms in total. The lowest BCUT2D eigenvalue weighted by Crippen LogP contribution is -2.47. The van der Waals surface area contributed by atoms with Crippen molar-refractivity contribution in [2.24, 2.45) is 5.73 Å². The fourth-order valence-corrected chi connectivity index (χ4v) is 2.54. The van der Waals surface area contributed by atoms with Crippen LogP contribution in [0.1, 0.15) is 39.2 Å². The molecule has 0 aromatic heterocycles. The molecule has 1 aromatic rings. The minimum absolute atomic E-state index is 0.296. The van der Waals surface area contributed by atoms with Crippen LogP contribution in [-0.4, -0.2) is 31.6 Å². The third-order valence-electron chi connectivity index (χ3n) is 3.74. The van der Waals surface area contributed by atoms with Crippen molar-refractivity contribution in [2.45, 2.75) is 39.2 Å². The lowest BCUT2D eigenvalue weighted by Gasteiger charge is -2.35. The standard InChI is InChI=1S/C16H28N2O/c1-5-11-16(17,13-18(6-2)7-3)14-9-8-10-15(12-14)19-4/h8-10,12H,5-7,11,13,17H2,1-4H3. The molecular formula is C16H28N2O. The molecule has 0 aliphatic carbocycles. The van der Waals surface area contributed by atoms with Gasteiger partial charge in [0.15, 0.2) is 0 Å². The van der Waals surface area contributed by atoms with E-state index in [1.807, 2.05) is 12.1 Å². The summed E-state index contributed by atoms with van der Waals surface area (Å²) in [6, 6.07) is 8.17. The number of nitrogens with two attached hydrogens (primary N) is 1. The Morgan fingerprint density at radius 2 is 1.89 bits per heavy atom. The predicted molar refractivity (Wildman–Crippen MR) is 81.6 cm³/mol. The first-order valence-electron chi connectivity index (χ1n) is 7.25. The third kappa shape index (κ3) is 4.22. The number of rotatable bonds is 8. The van der Waals surface area contributed by atoms with Crippen molar-refractivity contribution in [3.8, 4) is 5.75 Å². The molecule has 0 amide bonds. The molecule has 108 valence electrons. The van der Waals surface area contributed by atoms with Gasteiger partial charge in [0, 0.05) is 6.54 Å². The Balaban J connectivity index is 3.02. The van der Waals surface area contributed by atoms with Gasteiger partial charge in [-0.15, -0.1) is 0 Å². The van der Waals surface area contributed by atoms with Crippen molar-refractivity contribution in [3.63, 3.8) is 0 Å². The van der Waals surface area contributed by atoms with Gasteiger partial charge in [-0.05, 0) is 37.2 Å². The quantitative estimate of drug-likeness (QED) is 0.784. The molecular weight excluding hydrogens is 236 g/mol. The lowest BCUT2D eigenvalue weighted by molar-refractivity contribution is 0.215. The first-order valence-corrected chi connectivity index (χ1v) is 7.25. The normalized spacial score (nSPS) is 14.4. The molecule has 19 heavy (non-hydrogen) atoms. The maximum Gasteiger partial charge on any atom is 0.119 e. The average molecular weight is 264 g/mol. The molecule has 0 heterocycles. The van der Waals surface area contributed by atoms with Gasteiger partial charge in [0.1, 0.15) is 5.75 Å². The van der Waals surface area contributed by atoms with Crippen LogP contribution in [0.3, 0.4) is 0 Å². The maximum absolute atomic E-state index is 6.71. The highest BCUT2D eigenvalue weighted by Gasteiger charge is 2.28. The van der Waals surface area contributed by atoms with Crippen LogP contribution in [-0.2, 0) is 5.54 Å². The van der Waals surface area contributed by atoms with Crippen molar-refractivity contribution >= 4 is 0 Å². The molecule has 0 saturated heterocycles. The van der Waals surface area contributed by atoms with E-state index in [9.17, 15) is 0 Å². The minimum Gasteiger partial charge on any atom is -0.497 e. The summed E-state index contributed by atoms with van der Waals surface area (Å²) in [7, 11) is 1.70. The van der Waals surface area contributed by atoms with E-state index in [1.165, 1.54) is 5.56 Å². The van der Waals surface area contributed by atoms with Crippen molar-refractivity contribution in [3.05, 3.63) is 29.8 Å². The average Bonchev–Trinajstić information content (AvgIpc) is 2.45. The van der Waals surface area contributed by atoms with Crippen molar-refractivity contribution in [1.29, 1.82) is 0 Å². The highest BCUT2D eigenvalue weighted by molar-refractivity contribution is 5.33. The zero-order valence-electron chi connectivity index (χ0n) is 12.8. The van der Waals surface area contributed by atoms with Crippen LogP contribution in [0.5, 0.6) is 5.75 Å². The number of benzene rings is 1. The number of likely N-dealkylation sites (N-methyl/N-ethyl adjacent to an activating group) is 1. The monoisotopic (exact) mass is 264 g/mol. The first-order chi connectivity index (χ1) is 9.09. The molecule has 0 saturated carbocycles. The van der Waals surface area contributed by atoms with Gasteiger partial charge in [-0.3, -0.25) is 0 Å². The molecule has 0 radical (unpaired) electrons. The van der Waals surface area contributed by atoms with Gasteiger partial charge < -0.3 is 15.4 Å². The van der Waals surface area contributed by atoms with Crippen LogP contribution >= 0.6 is 0 Å². The summed E-state index contributed by atoms with van der Waals surface area (Å²) >= 11 is 0. The highest BCUT2D eigenvalue weighted by atomic mass is 16.5. The first kappa shape index (κ1) is 16.0. The number of hydrogen-bond acceptors (Lipinski definition) is 3. The summed E-state index contributed by atoms with van der Waals surface area (Å²) in [5, 5.41) is 0. The second-order valence-corrected chi connectivity index (χ2v) is 5.10. The lowest BCUT2D eigenvalue weighted by atomic mass is 9.86. The molecule has 0 aliphatic rings. The number of hydrogen-bond donors (Lipinski definition) is 1. The Bertz CT molecular complexity index is 377. The summed E-state index contributed by atoms with van der Waals surface area (Å²) in [6.07, 6.45) is 2.06. The Morgan fingerprint density at radius 3 is 2.42 bits per heavy atom. The smallest absolute Gasteiger partial charge is 0.119 e. The van der Waals surface area contributed by atoms with E-state index < -0.39 is 0 Å². The molecule has 1 atom stereocenters. The molecule has 3 heteroatoms. The van der Waals surface area contributed by atoms with Gasteiger partial charge in [0.2, 0.25) is 0 Å². The van der Waals surface area contributed by atoms with Crippen molar-refractivity contribution < 1.29 is 4.74 Å². The highest BCUT2D eigenvalue weighted by Crippen LogP contribution is 2.27. The summed E-state index contributed by atoms with van der Waals surface area (Å²) in [5.41, 5.74) is 7.58. The SMILES string of the molecule is CCCC(N)(CN(CC)CC)c1cccc(OC)c1. The van der Waals surface area contributed by atoms with Gasteiger partial charge in [0.25, 0.3) is 0 Å². The van der Waals surface area contributed by atoms with Crippen molar-refractivity contribution in [1.82, 2.24) is 4.90 Å². The van der Waals surface area contributed by atoms with Crippen LogP contribution < -0.4 is 10.5 Å². The molecule has 1 rings (SSSR count). The summed E-state index contributed by atoms with van der Waals surface area (Å²) in [5.74, 6) is 0.878. The van der Waals surface area contributed by atoms with E-state index in [2.05, 4.69) is 37.8 Å². The fraction of sp³-hybridized carbons (Fsp3) is 0.625. The number of nitrogens with zero attached hydrogens (tertiary/aromatic N) is 1. The van der Waals surface area contributed by atoms with Crippen LogP contribution in [0.2, 0.25) is 0 Å². The topological polar surface area (TPSA) is 38.5 Å². The second-order valence-electron chi connectivity index (χ2n) is 5.10. The molecule has 1 aromatic carbocycles. The second kappa shape index (κ2) is 7.51. The Hall–Kier alpha value is -1.06. The molecule has 0 fully saturated rings. The van der Waals surface area contributed by atoms with E-state index in [0.29, 0.717) is 0 Å². The Morgan fingerprint density at radius 1 is 1.21 bits per heavy atom. The van der Waals surface area contributed by atoms with Gasteiger partial charge >= 0.3 is 0 Å². The van der Waals surface area contributed by atoms with E-state index in [4.69, 9.17) is 10.5 Å². The van der Waals surface area contributed by atoms with Crippen LogP contribution in [0.4, 0.5) is 0 Å². The Kier molecular flexibility index (Phi) is 6.32. The van der Waals surface area contributed by atoms with Gasteiger partial charge in [-0.2, -0.15) is 0 Å². The van der Waals surface area contributed by atoms with E-state index in [-0.39, 0.29) is 5.54 Å². The molecule has 0 aliphatic heterocycles. The van der Waals surface area contributed by atoms with E-state index >= 15 is 0 Å². The van der Waals surface area contributed by atoms with Crippen LogP contribution in [0.15, 0.2) is 24.3 Å². The molecule has 1 unspecified atom stereocenters. The van der Waals surface area contributed by atoms with Crippen molar-refractivity contribution in [2.75, 3.05) is 26.7 Å². The van der Waals surface area contributed by atoms with Crippen LogP contribution in [0, 0.1) is 0 Å². The zero-order valence-corrected chi connectivity index (χ0v) is 12.8. The zero-order chi connectivity index (χ0) is 14.3. The predicted octanol–water partition coefficient (Wildman–Crippen LogP) is 2.99. The summed E-state index contributed by atoms with van der Waals surface area (Å²) in [6.45, 7) is 9.50. The number of ether oxygens (including phenoxy) is 1. The summed E-state index contributed by atoms with van der Waals surface area (Å²) in [4.78, 5) is 2.38. The largest absolute Gasteiger partial charge is 0.497 e. The Labute approximate surface area is 117 Å². The summed E-state index contributed by atoms with van der Waals surface area (Å²) < 4.78 is 5.32. The van der Waals surface area contributed by atoms with Gasteiger partial charge in [0.05, 0.1) is 12.6 Å². The van der Waals surface area contributed by atoms with Crippen LogP contribution in [0.25, 0.3) is 0 Å².